The second-order valence-electron chi connectivity index (χ2n) is 25.5. The number of anilines is 4. The molecule has 0 radical (unpaired) electrons. The number of aromatic nitrogens is 6. The SMILES string of the molecule is C.CC(=O)NC1=Nc2ccc(B3OC(C)(C)C(C)(C)O3)cc2C1.CC(=O)NC1=Nc2ccc(Br)cc2C1.CC(=O)OC(C)=O.Clc1nc(N2CCOCC2)c2cccn2n1.N#CBr.NC1=Nc2ccc(-c3nc(N4CCOCC4)c4cccn4n3)cc2C1.NC1=Nc2ccc(Br)cc2C1.Nc1ccc(Br)cc1N. The summed E-state index contributed by atoms with van der Waals surface area (Å²) >= 11 is 18.4. The molecule has 7 aliphatic rings. The van der Waals surface area contributed by atoms with Crippen molar-refractivity contribution in [3.05, 3.63) is 169 Å². The first-order chi connectivity index (χ1) is 50.9. The van der Waals surface area contributed by atoms with Crippen molar-refractivity contribution in [2.24, 2.45) is 31.4 Å². The van der Waals surface area contributed by atoms with E-state index in [1.54, 1.807) is 21.6 Å². The van der Waals surface area contributed by atoms with Crippen LogP contribution in [0.25, 0.3) is 22.4 Å². The minimum atomic E-state index is -0.562. The molecule has 10 N–H and O–H groups in total. The van der Waals surface area contributed by atoms with Crippen LogP contribution in [0.2, 0.25) is 5.28 Å². The summed E-state index contributed by atoms with van der Waals surface area (Å²) in [4.78, 5) is 74.0. The molecule has 3 fully saturated rings. The van der Waals surface area contributed by atoms with Crippen LogP contribution < -0.4 is 48.8 Å². The van der Waals surface area contributed by atoms with Crippen LogP contribution in [-0.2, 0) is 68.4 Å². The van der Waals surface area contributed by atoms with Crippen LogP contribution >= 0.6 is 75.3 Å². The van der Waals surface area contributed by atoms with Gasteiger partial charge >= 0.3 is 19.1 Å². The minimum absolute atomic E-state index is 0. The van der Waals surface area contributed by atoms with Gasteiger partial charge in [-0.05, 0) is 170 Å². The number of rotatable bonds is 4. The number of aliphatic imine (C=N–C) groups is 4. The van der Waals surface area contributed by atoms with E-state index in [1.807, 2.05) is 130 Å². The molecular formula is C74H83BBr4ClN19O9. The highest BCUT2D eigenvalue weighted by atomic mass is 79.9. The van der Waals surface area contributed by atoms with Gasteiger partial charge in [0.15, 0.2) is 17.5 Å². The highest BCUT2D eigenvalue weighted by Gasteiger charge is 2.52. The third-order valence-electron chi connectivity index (χ3n) is 16.9. The van der Waals surface area contributed by atoms with Crippen LogP contribution in [0.15, 0.2) is 161 Å². The average Bonchev–Trinajstić information content (AvgIpc) is 1.56. The summed E-state index contributed by atoms with van der Waals surface area (Å²) in [5, 5.41) is 21.7. The fourth-order valence-electron chi connectivity index (χ4n) is 11.3. The van der Waals surface area contributed by atoms with E-state index in [9.17, 15) is 19.2 Å². The third kappa shape index (κ3) is 23.3. The molecule has 3 saturated heterocycles. The maximum absolute atomic E-state index is 11.1. The topological polar surface area (TPSA) is 383 Å². The molecule has 11 heterocycles. The highest BCUT2D eigenvalue weighted by molar-refractivity contribution is 9.12. The Labute approximate surface area is 664 Å². The van der Waals surface area contributed by atoms with Crippen molar-refractivity contribution in [3.8, 4) is 16.4 Å². The Morgan fingerprint density at radius 1 is 0.556 bits per heavy atom. The number of amides is 2. The number of amidine groups is 4. The molecule has 7 aliphatic heterocycles. The zero-order chi connectivity index (χ0) is 77.3. The van der Waals surface area contributed by atoms with Gasteiger partial charge in [-0.3, -0.25) is 19.2 Å². The van der Waals surface area contributed by atoms with Gasteiger partial charge in [0.25, 0.3) is 0 Å². The van der Waals surface area contributed by atoms with Crippen LogP contribution in [0.1, 0.15) is 85.1 Å². The van der Waals surface area contributed by atoms with Crippen molar-refractivity contribution >= 4 is 192 Å². The summed E-state index contributed by atoms with van der Waals surface area (Å²) in [6, 6.07) is 37.3. The van der Waals surface area contributed by atoms with E-state index < -0.39 is 11.9 Å². The summed E-state index contributed by atoms with van der Waals surface area (Å²) < 4.78 is 33.6. The number of ether oxygens (including phenoxy) is 3. The Kier molecular flexibility index (Phi) is 30.0. The lowest BCUT2D eigenvalue weighted by Gasteiger charge is -2.32. The van der Waals surface area contributed by atoms with E-state index in [0.29, 0.717) is 54.0 Å². The number of halogens is 5. The molecule has 2 amide bonds. The molecule has 16 rings (SSSR count). The van der Waals surface area contributed by atoms with Crippen molar-refractivity contribution in [2.45, 2.75) is 99.7 Å². The van der Waals surface area contributed by atoms with E-state index in [4.69, 9.17) is 63.6 Å². The summed E-state index contributed by atoms with van der Waals surface area (Å²) in [5.74, 6) is 4.02. The molecule has 4 aromatic heterocycles. The minimum Gasteiger partial charge on any atom is -0.399 e. The Hall–Kier alpha value is -9.50. The predicted octanol–water partition coefficient (Wildman–Crippen LogP) is 12.1. The summed E-state index contributed by atoms with van der Waals surface area (Å²) in [6.07, 6.45) is 6.63. The Bertz CT molecular complexity index is 4910. The van der Waals surface area contributed by atoms with E-state index in [0.717, 1.165) is 151 Å². The fourth-order valence-corrected chi connectivity index (χ4v) is 12.7. The maximum Gasteiger partial charge on any atom is 0.494 e. The normalized spacial score (nSPS) is 15.4. The third-order valence-corrected chi connectivity index (χ3v) is 18.5. The molecule has 0 atom stereocenters. The lowest BCUT2D eigenvalue weighted by Crippen LogP contribution is -2.41. The molecule has 108 heavy (non-hydrogen) atoms. The van der Waals surface area contributed by atoms with Crippen molar-refractivity contribution in [3.63, 3.8) is 0 Å². The smallest absolute Gasteiger partial charge is 0.399 e. The van der Waals surface area contributed by atoms with Gasteiger partial charge in [-0.25, -0.2) is 34.0 Å². The zero-order valence-electron chi connectivity index (χ0n) is 59.9. The molecule has 0 bridgehead atoms. The second kappa shape index (κ2) is 38.5. The lowest BCUT2D eigenvalue weighted by atomic mass is 9.78. The quantitative estimate of drug-likeness (QED) is 0.0412. The maximum atomic E-state index is 11.1. The number of nitrogens with one attached hydrogen (secondary N) is 2. The number of morpholine rings is 2. The Morgan fingerprint density at radius 3 is 1.44 bits per heavy atom. The molecule has 566 valence electrons. The van der Waals surface area contributed by atoms with Crippen LogP contribution in [0.4, 0.5) is 45.8 Å². The summed E-state index contributed by atoms with van der Waals surface area (Å²) in [6.45, 7) is 19.8. The van der Waals surface area contributed by atoms with Gasteiger partial charge in [0.1, 0.15) is 39.4 Å². The average molecular weight is 1750 g/mol. The highest BCUT2D eigenvalue weighted by Crippen LogP contribution is 2.38. The summed E-state index contributed by atoms with van der Waals surface area (Å²) in [5.41, 5.74) is 35.2. The van der Waals surface area contributed by atoms with Gasteiger partial charge in [-0.1, -0.05) is 67.3 Å². The number of nitrogens with zero attached hydrogens (tertiary/aromatic N) is 13. The van der Waals surface area contributed by atoms with E-state index in [-0.39, 0.29) is 42.8 Å². The van der Waals surface area contributed by atoms with Gasteiger partial charge in [0, 0.05) is 127 Å². The van der Waals surface area contributed by atoms with Crippen molar-refractivity contribution < 1.29 is 42.7 Å². The zero-order valence-corrected chi connectivity index (χ0v) is 67.0. The van der Waals surface area contributed by atoms with Crippen LogP contribution in [0, 0.1) is 10.2 Å². The van der Waals surface area contributed by atoms with Crippen LogP contribution in [-0.4, -0.2) is 147 Å². The van der Waals surface area contributed by atoms with Gasteiger partial charge in [0.05, 0.1) is 71.8 Å². The molecule has 9 aromatic rings. The first-order valence-corrected chi connectivity index (χ1v) is 37.1. The summed E-state index contributed by atoms with van der Waals surface area (Å²) in [7, 11) is -0.375. The molecule has 34 heteroatoms. The molecule has 0 saturated carbocycles. The van der Waals surface area contributed by atoms with Gasteiger partial charge in [-0.15, -0.1) is 10.2 Å². The van der Waals surface area contributed by atoms with E-state index in [2.05, 4.69) is 142 Å². The first-order valence-electron chi connectivity index (χ1n) is 33.5. The van der Waals surface area contributed by atoms with Gasteiger partial charge in [0.2, 0.25) is 17.1 Å². The van der Waals surface area contributed by atoms with Crippen molar-refractivity contribution in [1.29, 1.82) is 5.26 Å². The van der Waals surface area contributed by atoms with E-state index in [1.165, 1.54) is 33.3 Å². The molecular weight excluding hydrogens is 1660 g/mol. The number of carbonyl (C=O) groups excluding carboxylic acids is 4. The molecule has 0 aliphatic carbocycles. The second-order valence-corrected chi connectivity index (χ2v) is 29.0. The lowest BCUT2D eigenvalue weighted by molar-refractivity contribution is -0.156. The van der Waals surface area contributed by atoms with Crippen molar-refractivity contribution in [1.82, 2.24) is 39.8 Å². The van der Waals surface area contributed by atoms with Gasteiger partial charge in [-0.2, -0.15) is 10.2 Å². The number of nitrogens with two attached hydrogens (primary N) is 4. The van der Waals surface area contributed by atoms with Crippen LogP contribution in [0.5, 0.6) is 0 Å². The number of carbonyl (C=O) groups is 4. The number of hydrogen-bond donors (Lipinski definition) is 6. The molecule has 0 spiro atoms. The Balaban J connectivity index is 0.000000163. The van der Waals surface area contributed by atoms with Gasteiger partial charge < -0.3 is 66.9 Å². The van der Waals surface area contributed by atoms with Crippen LogP contribution in [0.3, 0.4) is 0 Å². The molecule has 0 unspecified atom stereocenters. The largest absolute Gasteiger partial charge is 0.494 e. The molecule has 5 aromatic carbocycles. The first kappa shape index (κ1) is 84.1. The molecule has 28 nitrogen and oxygen atoms in total. The number of esters is 2. The number of fused-ring (bicyclic) bond motifs is 6. The monoisotopic (exact) mass is 1740 g/mol. The number of benzene rings is 5. The van der Waals surface area contributed by atoms with E-state index >= 15 is 0 Å². The fraction of sp³-hybridized carbons (Fsp3) is 0.311. The number of nitrogen functional groups attached to an aromatic ring is 2. The number of nitriles is 1. The van der Waals surface area contributed by atoms with Crippen molar-refractivity contribution in [2.75, 3.05) is 73.9 Å². The standard InChI is InChI=1S/C18H18N6O.C16H21BN2O3.C10H9BrN2O.C10H11ClN4O.C8H7BrN2.C6H7BrN2.C4H6O3.CBrN.CH4/c19-16-11-13-10-12(3-4-14(13)20-16)17-21-18(23-6-8-25-9-7-23)15-2-1-5-24(15)22-17;1-10(20)18-14-9-11-8-12(6-7-13(11)19-14)17-21-15(2,3)16(4,5)22-17;1-6(14)12-10-5-7-4-8(11)2-3-9(7)13-10;11-10-12-9(14-4-6-16-7-5-14)8-2-1-3-15(8)13-10;9-6-1-2-7-5(3-6)4-8(10)11-7;7-4-1-2-5(8)6(9)3-4;1-3(5)7-4(2)6;2-1-3;/h1-5,10H,6-9,11H2,(H2,19,20);6-8H,9H2,1-5H3,(H,18,19,20);2-4H,5H2,1H3,(H,12,13,14);1-3H,4-7H2;1-3H,4H2,(H2,10,11);1-3H,8-9H2;1-2H3;;1H4. The number of hydrogen-bond acceptors (Lipinski definition) is 24. The predicted molar refractivity (Wildman–Crippen MR) is 439 cm³/mol. The Morgan fingerprint density at radius 2 is 0.972 bits per heavy atom.